The fraction of sp³-hybridized carbons (Fsp3) is 0.364. The molecule has 1 saturated carbocycles. The van der Waals surface area contributed by atoms with Crippen molar-refractivity contribution in [2.45, 2.75) is 25.2 Å². The van der Waals surface area contributed by atoms with Gasteiger partial charge in [-0.3, -0.25) is 4.79 Å². The minimum atomic E-state index is -0.899. The molecule has 0 atom stereocenters. The van der Waals surface area contributed by atoms with Crippen LogP contribution < -0.4 is 5.73 Å². The van der Waals surface area contributed by atoms with Gasteiger partial charge >= 0.3 is 5.97 Å². The van der Waals surface area contributed by atoms with Gasteiger partial charge < -0.3 is 15.9 Å². The second-order valence-corrected chi connectivity index (χ2v) is 4.14. The van der Waals surface area contributed by atoms with Gasteiger partial charge in [0.1, 0.15) is 5.75 Å². The highest BCUT2D eigenvalue weighted by Gasteiger charge is 2.53. The van der Waals surface area contributed by atoms with Crippen LogP contribution in [0.4, 0.5) is 5.69 Å². The Morgan fingerprint density at radius 3 is 2.53 bits per heavy atom. The number of carboxylic acids is 1. The fourth-order valence-electron chi connectivity index (χ4n) is 1.90. The molecule has 1 aliphatic carbocycles. The molecular weight excluding hydrogens is 194 g/mol. The third kappa shape index (κ3) is 1.33. The average Bonchev–Trinajstić information content (AvgIpc) is 2.91. The lowest BCUT2D eigenvalue weighted by atomic mass is 9.93. The molecule has 0 unspecified atom stereocenters. The van der Waals surface area contributed by atoms with Crippen molar-refractivity contribution in [3.05, 3.63) is 23.3 Å². The maximum absolute atomic E-state index is 11.1. The van der Waals surface area contributed by atoms with Gasteiger partial charge in [-0.1, -0.05) is 6.07 Å². The number of aromatic hydroxyl groups is 1. The van der Waals surface area contributed by atoms with E-state index in [2.05, 4.69) is 0 Å². The Labute approximate surface area is 87.3 Å². The summed E-state index contributed by atoms with van der Waals surface area (Å²) in [6, 6.07) is 3.34. The van der Waals surface area contributed by atoms with Crippen LogP contribution in [0, 0.1) is 6.92 Å². The number of benzene rings is 1. The zero-order valence-corrected chi connectivity index (χ0v) is 8.45. The van der Waals surface area contributed by atoms with Gasteiger partial charge in [-0.15, -0.1) is 0 Å². The van der Waals surface area contributed by atoms with Gasteiger partial charge in [0, 0.05) is 5.56 Å². The van der Waals surface area contributed by atoms with Crippen LogP contribution in [0.2, 0.25) is 0 Å². The van der Waals surface area contributed by atoms with Crippen molar-refractivity contribution in [2.75, 3.05) is 5.73 Å². The molecule has 0 aromatic heterocycles. The summed E-state index contributed by atoms with van der Waals surface area (Å²) < 4.78 is 0. The molecule has 0 spiro atoms. The zero-order chi connectivity index (χ0) is 11.2. The van der Waals surface area contributed by atoms with Gasteiger partial charge in [-0.05, 0) is 31.4 Å². The highest BCUT2D eigenvalue weighted by molar-refractivity contribution is 5.87. The summed E-state index contributed by atoms with van der Waals surface area (Å²) in [4.78, 5) is 11.1. The number of hydrogen-bond acceptors (Lipinski definition) is 3. The van der Waals surface area contributed by atoms with Gasteiger partial charge in [-0.25, -0.2) is 0 Å². The van der Waals surface area contributed by atoms with Crippen LogP contribution in [-0.4, -0.2) is 16.2 Å². The van der Waals surface area contributed by atoms with E-state index in [0.29, 0.717) is 18.4 Å². The third-order valence-electron chi connectivity index (χ3n) is 2.96. The summed E-state index contributed by atoms with van der Waals surface area (Å²) in [5.74, 6) is -0.969. The van der Waals surface area contributed by atoms with Crippen molar-refractivity contribution in [1.29, 1.82) is 0 Å². The minimum Gasteiger partial charge on any atom is -0.505 e. The third-order valence-corrected chi connectivity index (χ3v) is 2.96. The molecule has 2 rings (SSSR count). The molecular formula is C11H13NO3. The first-order valence-corrected chi connectivity index (χ1v) is 4.80. The van der Waals surface area contributed by atoms with E-state index in [1.807, 2.05) is 6.92 Å². The molecule has 1 aliphatic rings. The molecule has 1 fully saturated rings. The van der Waals surface area contributed by atoms with Crippen molar-refractivity contribution in [3.8, 4) is 5.75 Å². The van der Waals surface area contributed by atoms with Gasteiger partial charge in [0.15, 0.2) is 0 Å². The van der Waals surface area contributed by atoms with Crippen molar-refractivity contribution in [2.24, 2.45) is 0 Å². The highest BCUT2D eigenvalue weighted by Crippen LogP contribution is 2.52. The number of anilines is 1. The summed E-state index contributed by atoms with van der Waals surface area (Å²) in [5, 5.41) is 18.9. The van der Waals surface area contributed by atoms with E-state index in [-0.39, 0.29) is 11.4 Å². The monoisotopic (exact) mass is 207 g/mol. The van der Waals surface area contributed by atoms with Crippen molar-refractivity contribution in [1.82, 2.24) is 0 Å². The van der Waals surface area contributed by atoms with E-state index in [9.17, 15) is 9.90 Å². The van der Waals surface area contributed by atoms with E-state index in [1.165, 1.54) is 0 Å². The molecule has 4 nitrogen and oxygen atoms in total. The number of rotatable bonds is 2. The Morgan fingerprint density at radius 1 is 1.47 bits per heavy atom. The number of carboxylic acid groups (broad SMARTS) is 1. The molecule has 4 N–H and O–H groups in total. The largest absolute Gasteiger partial charge is 0.505 e. The number of aliphatic carboxylic acids is 1. The second kappa shape index (κ2) is 2.89. The number of phenols is 1. The Morgan fingerprint density at radius 2 is 2.07 bits per heavy atom. The molecule has 4 heteroatoms. The minimum absolute atomic E-state index is 0.0829. The van der Waals surface area contributed by atoms with E-state index in [0.717, 1.165) is 5.56 Å². The SMILES string of the molecule is Cc1cc(N)c(O)c(C2(C(=O)O)CC2)c1. The summed E-state index contributed by atoms with van der Waals surface area (Å²) in [6.07, 6.45) is 1.14. The molecule has 0 bridgehead atoms. The second-order valence-electron chi connectivity index (χ2n) is 4.14. The summed E-state index contributed by atoms with van der Waals surface area (Å²) in [5.41, 5.74) is 6.27. The van der Waals surface area contributed by atoms with Crippen LogP contribution in [0.15, 0.2) is 12.1 Å². The molecule has 0 amide bonds. The number of carbonyl (C=O) groups is 1. The molecule has 15 heavy (non-hydrogen) atoms. The van der Waals surface area contributed by atoms with Crippen LogP contribution >= 0.6 is 0 Å². The van der Waals surface area contributed by atoms with Crippen LogP contribution in [-0.2, 0) is 10.2 Å². The van der Waals surface area contributed by atoms with Gasteiger partial charge in [-0.2, -0.15) is 0 Å². The van der Waals surface area contributed by atoms with Crippen LogP contribution in [0.25, 0.3) is 0 Å². The summed E-state index contributed by atoms with van der Waals surface area (Å²) in [7, 11) is 0. The molecule has 0 heterocycles. The van der Waals surface area contributed by atoms with Crippen molar-refractivity contribution >= 4 is 11.7 Å². The maximum Gasteiger partial charge on any atom is 0.314 e. The lowest BCUT2D eigenvalue weighted by Gasteiger charge is -2.14. The lowest BCUT2D eigenvalue weighted by molar-refractivity contribution is -0.140. The number of hydrogen-bond donors (Lipinski definition) is 3. The van der Waals surface area contributed by atoms with Gasteiger partial charge in [0.05, 0.1) is 11.1 Å². The average molecular weight is 207 g/mol. The Balaban J connectivity index is 2.58. The first kappa shape index (κ1) is 9.83. The first-order chi connectivity index (χ1) is 6.97. The van der Waals surface area contributed by atoms with Gasteiger partial charge in [0.25, 0.3) is 0 Å². The van der Waals surface area contributed by atoms with E-state index in [4.69, 9.17) is 10.8 Å². The topological polar surface area (TPSA) is 83.5 Å². The van der Waals surface area contributed by atoms with Crippen LogP contribution in [0.5, 0.6) is 5.75 Å². The molecule has 0 saturated heterocycles. The Hall–Kier alpha value is -1.71. The quantitative estimate of drug-likeness (QED) is 0.505. The lowest BCUT2D eigenvalue weighted by Crippen LogP contribution is -2.20. The molecule has 80 valence electrons. The first-order valence-electron chi connectivity index (χ1n) is 4.80. The number of nitrogens with two attached hydrogens (primary N) is 1. The fourth-order valence-corrected chi connectivity index (χ4v) is 1.90. The van der Waals surface area contributed by atoms with E-state index < -0.39 is 11.4 Å². The zero-order valence-electron chi connectivity index (χ0n) is 8.45. The number of nitrogen functional groups attached to an aromatic ring is 1. The number of phenolic OH excluding ortho intramolecular Hbond substituents is 1. The molecule has 1 aromatic rings. The highest BCUT2D eigenvalue weighted by atomic mass is 16.4. The van der Waals surface area contributed by atoms with E-state index >= 15 is 0 Å². The standard InChI is InChI=1S/C11H13NO3/c1-6-4-7(9(13)8(12)5-6)11(2-3-11)10(14)15/h4-5,13H,2-3,12H2,1H3,(H,14,15). The van der Waals surface area contributed by atoms with E-state index in [1.54, 1.807) is 12.1 Å². The predicted molar refractivity (Wildman–Crippen MR) is 55.8 cm³/mol. The number of aryl methyl sites for hydroxylation is 1. The summed E-state index contributed by atoms with van der Waals surface area (Å²) >= 11 is 0. The predicted octanol–water partition coefficient (Wildman–Crippen LogP) is 1.40. The van der Waals surface area contributed by atoms with Crippen molar-refractivity contribution in [3.63, 3.8) is 0 Å². The van der Waals surface area contributed by atoms with Crippen LogP contribution in [0.1, 0.15) is 24.0 Å². The molecule has 1 aromatic carbocycles. The van der Waals surface area contributed by atoms with Crippen LogP contribution in [0.3, 0.4) is 0 Å². The van der Waals surface area contributed by atoms with Gasteiger partial charge in [0.2, 0.25) is 0 Å². The van der Waals surface area contributed by atoms with Crippen molar-refractivity contribution < 1.29 is 15.0 Å². The normalized spacial score (nSPS) is 17.4. The Bertz CT molecular complexity index is 436. The molecule has 0 aliphatic heterocycles. The smallest absolute Gasteiger partial charge is 0.314 e. The molecule has 0 radical (unpaired) electrons. The Kier molecular flexibility index (Phi) is 1.89. The maximum atomic E-state index is 11.1. The summed E-state index contributed by atoms with van der Waals surface area (Å²) in [6.45, 7) is 1.83.